The van der Waals surface area contributed by atoms with Gasteiger partial charge in [0.25, 0.3) is 0 Å². The maximum Gasteiger partial charge on any atom is 0.199 e. The van der Waals surface area contributed by atoms with Crippen molar-refractivity contribution in [3.8, 4) is 0 Å². The summed E-state index contributed by atoms with van der Waals surface area (Å²) < 4.78 is 1.54. The van der Waals surface area contributed by atoms with Crippen molar-refractivity contribution in [3.63, 3.8) is 0 Å². The van der Waals surface area contributed by atoms with Crippen molar-refractivity contribution in [2.24, 2.45) is 0 Å². The first-order valence-corrected chi connectivity index (χ1v) is 4.75. The number of aliphatic hydroxyl groups is 1. The molecule has 0 amide bonds. The Hall–Kier alpha value is -1.76. The molecule has 0 fully saturated rings. The minimum absolute atomic E-state index is 0.378. The second kappa shape index (κ2) is 4.18. The quantitative estimate of drug-likeness (QED) is 0.717. The number of anilines is 1. The fourth-order valence-corrected chi connectivity index (χ4v) is 1.16. The summed E-state index contributed by atoms with van der Waals surface area (Å²) in [6.45, 7) is 2.37. The van der Waals surface area contributed by atoms with Gasteiger partial charge in [-0.1, -0.05) is 6.92 Å². The van der Waals surface area contributed by atoms with Gasteiger partial charge in [0.05, 0.1) is 18.5 Å². The molecule has 0 saturated carbocycles. The number of hydrogen-bond donors (Lipinski definition) is 2. The molecule has 1 unspecified atom stereocenters. The lowest BCUT2D eigenvalue weighted by molar-refractivity contribution is 0.183. The largest absolute Gasteiger partial charge is 0.391 e. The van der Waals surface area contributed by atoms with E-state index in [2.05, 4.69) is 25.8 Å². The first-order chi connectivity index (χ1) is 7.31. The van der Waals surface area contributed by atoms with Crippen LogP contribution < -0.4 is 5.32 Å². The van der Waals surface area contributed by atoms with E-state index in [-0.39, 0.29) is 6.10 Å². The number of aromatic nitrogens is 5. The second-order valence-electron chi connectivity index (χ2n) is 3.18. The van der Waals surface area contributed by atoms with Crippen LogP contribution in [0.15, 0.2) is 12.4 Å². The van der Waals surface area contributed by atoms with Gasteiger partial charge in [0.2, 0.25) is 0 Å². The molecule has 80 valence electrons. The molecule has 0 aliphatic rings. The SMILES string of the molecule is CCC(O)CNc1cncc2nnnn12. The van der Waals surface area contributed by atoms with Crippen LogP contribution >= 0.6 is 0 Å². The molecule has 7 nitrogen and oxygen atoms in total. The highest BCUT2D eigenvalue weighted by Gasteiger charge is 2.05. The Bertz CT molecular complexity index is 441. The lowest BCUT2D eigenvalue weighted by Crippen LogP contribution is -2.19. The van der Waals surface area contributed by atoms with E-state index in [9.17, 15) is 5.11 Å². The molecular weight excluding hydrogens is 196 g/mol. The van der Waals surface area contributed by atoms with E-state index in [4.69, 9.17) is 0 Å². The predicted octanol–water partition coefficient (Wildman–Crippen LogP) is -0.298. The Balaban J connectivity index is 2.17. The van der Waals surface area contributed by atoms with Crippen LogP contribution in [0.3, 0.4) is 0 Å². The molecule has 7 heteroatoms. The highest BCUT2D eigenvalue weighted by atomic mass is 16.3. The van der Waals surface area contributed by atoms with E-state index in [1.165, 1.54) is 4.52 Å². The summed E-state index contributed by atoms with van der Waals surface area (Å²) in [5, 5.41) is 23.5. The van der Waals surface area contributed by atoms with Crippen LogP contribution in [0.25, 0.3) is 5.65 Å². The first kappa shape index (κ1) is 9.78. The minimum Gasteiger partial charge on any atom is -0.391 e. The molecule has 2 aromatic heterocycles. The van der Waals surface area contributed by atoms with Crippen LogP contribution in [0.4, 0.5) is 5.82 Å². The molecule has 0 radical (unpaired) electrons. The van der Waals surface area contributed by atoms with Gasteiger partial charge in [-0.25, -0.2) is 0 Å². The van der Waals surface area contributed by atoms with Gasteiger partial charge >= 0.3 is 0 Å². The van der Waals surface area contributed by atoms with Crippen LogP contribution in [0.1, 0.15) is 13.3 Å². The zero-order valence-corrected chi connectivity index (χ0v) is 8.33. The summed E-state index contributed by atoms with van der Waals surface area (Å²) in [6, 6.07) is 0. The fraction of sp³-hybridized carbons (Fsp3) is 0.500. The molecule has 2 heterocycles. The Morgan fingerprint density at radius 2 is 2.40 bits per heavy atom. The lowest BCUT2D eigenvalue weighted by atomic mass is 10.3. The zero-order chi connectivity index (χ0) is 10.7. The smallest absolute Gasteiger partial charge is 0.199 e. The van der Waals surface area contributed by atoms with Crippen LogP contribution in [-0.4, -0.2) is 42.8 Å². The van der Waals surface area contributed by atoms with Gasteiger partial charge in [0.1, 0.15) is 0 Å². The number of tetrazole rings is 1. The third kappa shape index (κ3) is 2.01. The summed E-state index contributed by atoms with van der Waals surface area (Å²) in [5.74, 6) is 0.671. The van der Waals surface area contributed by atoms with Gasteiger partial charge in [-0.05, 0) is 16.8 Å². The van der Waals surface area contributed by atoms with Crippen LogP contribution in [-0.2, 0) is 0 Å². The van der Waals surface area contributed by atoms with Crippen LogP contribution in [0.5, 0.6) is 0 Å². The monoisotopic (exact) mass is 208 g/mol. The molecular formula is C8H12N6O. The summed E-state index contributed by atoms with van der Waals surface area (Å²) in [4.78, 5) is 3.98. The van der Waals surface area contributed by atoms with Gasteiger partial charge in [-0.3, -0.25) is 4.98 Å². The summed E-state index contributed by atoms with van der Waals surface area (Å²) in [6.07, 6.45) is 3.51. The highest BCUT2D eigenvalue weighted by Crippen LogP contribution is 2.05. The number of rotatable bonds is 4. The second-order valence-corrected chi connectivity index (χ2v) is 3.18. The number of aliphatic hydroxyl groups excluding tert-OH is 1. The van der Waals surface area contributed by atoms with E-state index < -0.39 is 0 Å². The molecule has 0 spiro atoms. The Labute approximate surface area is 86.1 Å². The number of nitrogens with one attached hydrogen (secondary N) is 1. The summed E-state index contributed by atoms with van der Waals surface area (Å²) >= 11 is 0. The highest BCUT2D eigenvalue weighted by molar-refractivity contribution is 5.43. The molecule has 2 N–H and O–H groups in total. The van der Waals surface area contributed by atoms with E-state index >= 15 is 0 Å². The van der Waals surface area contributed by atoms with Gasteiger partial charge in [-0.15, -0.1) is 5.10 Å². The van der Waals surface area contributed by atoms with E-state index in [1.54, 1.807) is 12.4 Å². The van der Waals surface area contributed by atoms with Crippen LogP contribution in [0, 0.1) is 0 Å². The topological polar surface area (TPSA) is 88.2 Å². The maximum absolute atomic E-state index is 9.40. The molecule has 15 heavy (non-hydrogen) atoms. The summed E-state index contributed by atoms with van der Waals surface area (Å²) in [7, 11) is 0. The molecule has 0 aliphatic carbocycles. The average Bonchev–Trinajstić information content (AvgIpc) is 2.74. The van der Waals surface area contributed by atoms with Crippen molar-refractivity contribution in [3.05, 3.63) is 12.4 Å². The molecule has 2 rings (SSSR count). The standard InChI is InChI=1S/C8H12N6O/c1-2-6(15)3-10-7-4-9-5-8-11-12-13-14(7)8/h4-6,10,15H,2-3H2,1H3. The Morgan fingerprint density at radius 3 is 3.20 bits per heavy atom. The number of fused-ring (bicyclic) bond motifs is 1. The molecule has 0 aliphatic heterocycles. The normalized spacial score (nSPS) is 12.9. The van der Waals surface area contributed by atoms with E-state index in [0.717, 1.165) is 0 Å². The molecule has 1 atom stereocenters. The first-order valence-electron chi connectivity index (χ1n) is 4.75. The Kier molecular flexibility index (Phi) is 2.72. The molecule has 2 aromatic rings. The average molecular weight is 208 g/mol. The number of hydrogen-bond acceptors (Lipinski definition) is 6. The van der Waals surface area contributed by atoms with Crippen molar-refractivity contribution >= 4 is 11.5 Å². The predicted molar refractivity (Wildman–Crippen MR) is 53.4 cm³/mol. The van der Waals surface area contributed by atoms with E-state index in [0.29, 0.717) is 24.4 Å². The van der Waals surface area contributed by atoms with Crippen molar-refractivity contribution in [1.29, 1.82) is 0 Å². The van der Waals surface area contributed by atoms with Gasteiger partial charge < -0.3 is 10.4 Å². The molecule has 0 saturated heterocycles. The van der Waals surface area contributed by atoms with Crippen LogP contribution in [0.2, 0.25) is 0 Å². The Morgan fingerprint density at radius 1 is 1.53 bits per heavy atom. The third-order valence-corrected chi connectivity index (χ3v) is 2.10. The molecule has 0 bridgehead atoms. The lowest BCUT2D eigenvalue weighted by Gasteiger charge is -2.10. The fourth-order valence-electron chi connectivity index (χ4n) is 1.16. The van der Waals surface area contributed by atoms with Crippen molar-refractivity contribution in [2.75, 3.05) is 11.9 Å². The van der Waals surface area contributed by atoms with Crippen molar-refractivity contribution in [2.45, 2.75) is 19.4 Å². The summed E-state index contributed by atoms with van der Waals surface area (Å²) in [5.41, 5.74) is 0.575. The molecule has 0 aromatic carbocycles. The third-order valence-electron chi connectivity index (χ3n) is 2.10. The minimum atomic E-state index is -0.378. The zero-order valence-electron chi connectivity index (χ0n) is 8.33. The van der Waals surface area contributed by atoms with Gasteiger partial charge in [-0.2, -0.15) is 4.52 Å². The van der Waals surface area contributed by atoms with Crippen molar-refractivity contribution in [1.82, 2.24) is 25.0 Å². The maximum atomic E-state index is 9.40. The van der Waals surface area contributed by atoms with Gasteiger partial charge in [0, 0.05) is 6.54 Å². The number of nitrogens with zero attached hydrogens (tertiary/aromatic N) is 5. The van der Waals surface area contributed by atoms with Crippen molar-refractivity contribution < 1.29 is 5.11 Å². The van der Waals surface area contributed by atoms with Gasteiger partial charge in [0.15, 0.2) is 11.5 Å². The van der Waals surface area contributed by atoms with E-state index in [1.807, 2.05) is 6.92 Å².